The molecule has 0 radical (unpaired) electrons. The van der Waals surface area contributed by atoms with E-state index >= 15 is 0 Å². The lowest BCUT2D eigenvalue weighted by Gasteiger charge is -2.06. The summed E-state index contributed by atoms with van der Waals surface area (Å²) in [5, 5.41) is 15.9. The molecule has 1 aromatic carbocycles. The summed E-state index contributed by atoms with van der Waals surface area (Å²) in [5.41, 5.74) is 0.452. The summed E-state index contributed by atoms with van der Waals surface area (Å²) in [6.07, 6.45) is 3.58. The van der Waals surface area contributed by atoms with Gasteiger partial charge in [0, 0.05) is 5.56 Å². The zero-order valence-corrected chi connectivity index (χ0v) is 12.3. The van der Waals surface area contributed by atoms with Crippen molar-refractivity contribution >= 4 is 17.6 Å². The molecule has 0 amide bonds. The van der Waals surface area contributed by atoms with Crippen LogP contribution in [0.25, 0.3) is 22.4 Å². The molecule has 0 atom stereocenters. The maximum Gasteiger partial charge on any atom is 0.359 e. The highest BCUT2D eigenvalue weighted by atomic mass is 16.5. The Bertz CT molecular complexity index is 922. The van der Waals surface area contributed by atoms with Crippen LogP contribution >= 0.6 is 0 Å². The second kappa shape index (κ2) is 6.22. The Balaban J connectivity index is 2.18. The standard InChI is InChI=1S/C15H13N5O3/c1-2-23-10-17-19-9-16-14-13(15(19)21)18-12(8-20(14)22)11-6-4-3-5-7-11/h3-10H,2H2,1H3. The number of hydrogen-bond acceptors (Lipinski definition) is 6. The molecule has 3 rings (SSSR count). The summed E-state index contributed by atoms with van der Waals surface area (Å²) in [4.78, 5) is 20.6. The molecule has 0 aliphatic heterocycles. The first-order valence-corrected chi connectivity index (χ1v) is 6.92. The first kappa shape index (κ1) is 14.6. The summed E-state index contributed by atoms with van der Waals surface area (Å²) in [5.74, 6) is 0. The Morgan fingerprint density at radius 2 is 2.17 bits per heavy atom. The van der Waals surface area contributed by atoms with E-state index in [2.05, 4.69) is 15.1 Å². The molecule has 0 bridgehead atoms. The molecule has 0 spiro atoms. The molecule has 2 heterocycles. The van der Waals surface area contributed by atoms with Crippen LogP contribution in [0.4, 0.5) is 0 Å². The van der Waals surface area contributed by atoms with E-state index in [1.165, 1.54) is 6.20 Å². The summed E-state index contributed by atoms with van der Waals surface area (Å²) >= 11 is 0. The average molecular weight is 311 g/mol. The molecule has 0 aliphatic carbocycles. The molecule has 23 heavy (non-hydrogen) atoms. The van der Waals surface area contributed by atoms with Gasteiger partial charge in [0.05, 0.1) is 6.61 Å². The maximum absolute atomic E-state index is 12.4. The van der Waals surface area contributed by atoms with Crippen LogP contribution in [0.3, 0.4) is 0 Å². The van der Waals surface area contributed by atoms with Crippen LogP contribution in [0, 0.1) is 5.21 Å². The predicted molar refractivity (Wildman–Crippen MR) is 83.7 cm³/mol. The van der Waals surface area contributed by atoms with Crippen molar-refractivity contribution in [2.45, 2.75) is 6.92 Å². The van der Waals surface area contributed by atoms with Gasteiger partial charge in [-0.15, -0.1) is 5.10 Å². The van der Waals surface area contributed by atoms with E-state index in [0.717, 1.165) is 23.0 Å². The number of ether oxygens (including phenoxy) is 1. The summed E-state index contributed by atoms with van der Waals surface area (Å²) in [6.45, 7) is 2.22. The topological polar surface area (TPSA) is 96.3 Å². The summed E-state index contributed by atoms with van der Waals surface area (Å²) in [7, 11) is 0. The summed E-state index contributed by atoms with van der Waals surface area (Å²) in [6, 6.07) is 9.11. The Labute approximate surface area is 130 Å². The number of nitrogens with zero attached hydrogens (tertiary/aromatic N) is 5. The minimum absolute atomic E-state index is 0.0578. The van der Waals surface area contributed by atoms with Crippen molar-refractivity contribution in [3.63, 3.8) is 0 Å². The van der Waals surface area contributed by atoms with Gasteiger partial charge in [-0.1, -0.05) is 30.3 Å². The van der Waals surface area contributed by atoms with Gasteiger partial charge in [0.1, 0.15) is 11.9 Å². The highest BCUT2D eigenvalue weighted by Crippen LogP contribution is 2.15. The van der Waals surface area contributed by atoms with E-state index in [-0.39, 0.29) is 11.2 Å². The molecule has 2 aromatic heterocycles. The van der Waals surface area contributed by atoms with E-state index in [9.17, 15) is 10.0 Å². The molecule has 8 nitrogen and oxygen atoms in total. The molecule has 0 aliphatic rings. The summed E-state index contributed by atoms with van der Waals surface area (Å²) < 4.78 is 6.46. The zero-order valence-electron chi connectivity index (χ0n) is 12.3. The third kappa shape index (κ3) is 2.86. The molecule has 0 N–H and O–H groups in total. The van der Waals surface area contributed by atoms with Gasteiger partial charge in [-0.05, 0) is 11.9 Å². The van der Waals surface area contributed by atoms with Crippen molar-refractivity contribution in [1.82, 2.24) is 14.6 Å². The lowest BCUT2D eigenvalue weighted by atomic mass is 10.2. The van der Waals surface area contributed by atoms with Gasteiger partial charge in [-0.3, -0.25) is 4.79 Å². The normalized spacial score (nSPS) is 11.2. The van der Waals surface area contributed by atoms with Gasteiger partial charge < -0.3 is 9.94 Å². The van der Waals surface area contributed by atoms with Crippen molar-refractivity contribution in [2.24, 2.45) is 5.10 Å². The monoisotopic (exact) mass is 311 g/mol. The van der Waals surface area contributed by atoms with Crippen LogP contribution in [0.5, 0.6) is 0 Å². The van der Waals surface area contributed by atoms with E-state index in [0.29, 0.717) is 17.0 Å². The molecule has 116 valence electrons. The third-order valence-corrected chi connectivity index (χ3v) is 3.07. The molecule has 0 saturated heterocycles. The third-order valence-electron chi connectivity index (χ3n) is 3.07. The van der Waals surface area contributed by atoms with E-state index in [1.807, 2.05) is 18.2 Å². The minimum atomic E-state index is -0.548. The lowest BCUT2D eigenvalue weighted by molar-refractivity contribution is -0.579. The number of aromatic nitrogens is 4. The van der Waals surface area contributed by atoms with Gasteiger partial charge in [-0.2, -0.15) is 4.68 Å². The van der Waals surface area contributed by atoms with Crippen LogP contribution in [-0.2, 0) is 4.74 Å². The Morgan fingerprint density at radius 1 is 1.39 bits per heavy atom. The Kier molecular flexibility index (Phi) is 3.96. The largest absolute Gasteiger partial charge is 0.710 e. The number of hydrogen-bond donors (Lipinski definition) is 0. The highest BCUT2D eigenvalue weighted by molar-refractivity contribution is 5.69. The van der Waals surface area contributed by atoms with E-state index in [1.54, 1.807) is 19.1 Å². The molecule has 0 fully saturated rings. The van der Waals surface area contributed by atoms with Crippen LogP contribution in [-0.4, -0.2) is 27.7 Å². The van der Waals surface area contributed by atoms with Gasteiger partial charge in [0.2, 0.25) is 11.8 Å². The van der Waals surface area contributed by atoms with Crippen molar-refractivity contribution in [2.75, 3.05) is 6.61 Å². The second-order valence-corrected chi connectivity index (χ2v) is 4.56. The average Bonchev–Trinajstić information content (AvgIpc) is 2.58. The van der Waals surface area contributed by atoms with E-state index in [4.69, 9.17) is 4.74 Å². The number of rotatable bonds is 4. The fourth-order valence-electron chi connectivity index (χ4n) is 2.00. The van der Waals surface area contributed by atoms with Gasteiger partial charge in [0.25, 0.3) is 0 Å². The van der Waals surface area contributed by atoms with Crippen LogP contribution < -0.4 is 10.3 Å². The molecule has 8 heteroatoms. The zero-order chi connectivity index (χ0) is 16.2. The van der Waals surface area contributed by atoms with Crippen LogP contribution in [0.2, 0.25) is 0 Å². The van der Waals surface area contributed by atoms with Crippen molar-refractivity contribution in [3.8, 4) is 11.3 Å². The van der Waals surface area contributed by atoms with Gasteiger partial charge >= 0.3 is 11.2 Å². The molecule has 0 saturated carbocycles. The van der Waals surface area contributed by atoms with Crippen LogP contribution in [0.1, 0.15) is 6.92 Å². The van der Waals surface area contributed by atoms with Gasteiger partial charge in [0.15, 0.2) is 6.40 Å². The van der Waals surface area contributed by atoms with Crippen molar-refractivity contribution in [3.05, 3.63) is 58.4 Å². The number of benzene rings is 1. The molecular formula is C15H13N5O3. The smallest absolute Gasteiger partial charge is 0.359 e. The maximum atomic E-state index is 12.4. The Morgan fingerprint density at radius 3 is 2.91 bits per heavy atom. The SMILES string of the molecule is CCOC=Nn1cnc2c(nc(-c3ccccc3)c[n+]2[O-])c1=O. The fourth-order valence-corrected chi connectivity index (χ4v) is 2.00. The minimum Gasteiger partial charge on any atom is -0.710 e. The van der Waals surface area contributed by atoms with Crippen LogP contribution in [0.15, 0.2) is 52.8 Å². The molecule has 3 aromatic rings. The van der Waals surface area contributed by atoms with Gasteiger partial charge in [-0.25, -0.2) is 9.71 Å². The molecular weight excluding hydrogens is 298 g/mol. The van der Waals surface area contributed by atoms with Crippen molar-refractivity contribution < 1.29 is 9.47 Å². The fraction of sp³-hybridized carbons (Fsp3) is 0.133. The van der Waals surface area contributed by atoms with E-state index < -0.39 is 5.56 Å². The quantitative estimate of drug-likeness (QED) is 0.309. The first-order chi connectivity index (χ1) is 11.2. The lowest BCUT2D eigenvalue weighted by Crippen LogP contribution is -2.32. The Hall–Kier alpha value is -3.29. The predicted octanol–water partition coefficient (Wildman–Crippen LogP) is 0.920. The second-order valence-electron chi connectivity index (χ2n) is 4.56. The molecule has 0 unspecified atom stereocenters. The highest BCUT2D eigenvalue weighted by Gasteiger charge is 2.16. The van der Waals surface area contributed by atoms with Crippen molar-refractivity contribution in [1.29, 1.82) is 0 Å². The number of fused-ring (bicyclic) bond motifs is 1. The first-order valence-electron chi connectivity index (χ1n) is 6.92.